The van der Waals surface area contributed by atoms with Gasteiger partial charge in [0.25, 0.3) is 0 Å². The first-order chi connectivity index (χ1) is 12.4. The third-order valence-corrected chi connectivity index (χ3v) is 7.77. The Morgan fingerprint density at radius 2 is 2.07 bits per heavy atom. The van der Waals surface area contributed by atoms with Gasteiger partial charge in [0, 0.05) is 16.6 Å². The Balaban J connectivity index is 2.06. The van der Waals surface area contributed by atoms with Crippen molar-refractivity contribution in [2.75, 3.05) is 0 Å². The van der Waals surface area contributed by atoms with E-state index in [1.807, 2.05) is 13.8 Å². The number of alkyl halides is 1. The Hall–Kier alpha value is -1.11. The number of rotatable bonds is 3. The smallest absolute Gasteiger partial charge is 0.339 e. The monoisotopic (exact) mass is 400 g/mol. The molecule has 0 radical (unpaired) electrons. The van der Waals surface area contributed by atoms with Crippen LogP contribution >= 0.6 is 11.6 Å². The first kappa shape index (κ1) is 20.6. The Bertz CT molecular complexity index is 684. The normalized spacial score (nSPS) is 41.9. The molecule has 2 N–H and O–H groups in total. The molecule has 2 unspecified atom stereocenters. The molecule has 0 aromatic carbocycles. The summed E-state index contributed by atoms with van der Waals surface area (Å²) in [5.41, 5.74) is -1.33. The summed E-state index contributed by atoms with van der Waals surface area (Å²) in [6.45, 7) is 8.48. The summed E-state index contributed by atoms with van der Waals surface area (Å²) >= 11 is 5.99. The fourth-order valence-electron chi connectivity index (χ4n) is 4.90. The van der Waals surface area contributed by atoms with E-state index in [0.717, 1.165) is 6.42 Å². The van der Waals surface area contributed by atoms with Gasteiger partial charge in [0.2, 0.25) is 0 Å². The first-order valence-corrected chi connectivity index (χ1v) is 10.0. The van der Waals surface area contributed by atoms with Gasteiger partial charge < -0.3 is 19.7 Å². The minimum atomic E-state index is -1.87. The van der Waals surface area contributed by atoms with Crippen LogP contribution in [0.5, 0.6) is 0 Å². The number of fused-ring (bicyclic) bond motifs is 2. The van der Waals surface area contributed by atoms with Gasteiger partial charge in [-0.1, -0.05) is 13.8 Å². The number of carbonyl (C=O) groups excluding carboxylic acids is 2. The van der Waals surface area contributed by atoms with Gasteiger partial charge in [0.1, 0.15) is 12.2 Å². The molecule has 27 heavy (non-hydrogen) atoms. The van der Waals surface area contributed by atoms with E-state index in [2.05, 4.69) is 0 Å². The number of ether oxygens (including phenoxy) is 2. The first-order valence-electron chi connectivity index (χ1n) is 9.59. The second kappa shape index (κ2) is 6.75. The molecule has 0 aromatic heterocycles. The van der Waals surface area contributed by atoms with Crippen LogP contribution < -0.4 is 0 Å². The molecular weight excluding hydrogens is 372 g/mol. The van der Waals surface area contributed by atoms with Crippen LogP contribution in [0.15, 0.2) is 11.1 Å². The zero-order valence-corrected chi connectivity index (χ0v) is 17.2. The summed E-state index contributed by atoms with van der Waals surface area (Å²) in [4.78, 5) is 25.0. The molecule has 0 bridgehead atoms. The minimum Gasteiger partial charge on any atom is -0.455 e. The molecule has 152 valence electrons. The Morgan fingerprint density at radius 3 is 2.67 bits per heavy atom. The molecule has 8 atom stereocenters. The van der Waals surface area contributed by atoms with Crippen LogP contribution in [0.4, 0.5) is 0 Å². The van der Waals surface area contributed by atoms with Gasteiger partial charge >= 0.3 is 11.9 Å². The second-order valence-electron chi connectivity index (χ2n) is 8.76. The highest BCUT2D eigenvalue weighted by Crippen LogP contribution is 2.58. The molecule has 2 fully saturated rings. The molecule has 0 saturated heterocycles. The number of aliphatic hydroxyl groups is 2. The predicted molar refractivity (Wildman–Crippen MR) is 99.0 cm³/mol. The van der Waals surface area contributed by atoms with Crippen molar-refractivity contribution < 1.29 is 29.3 Å². The highest BCUT2D eigenvalue weighted by atomic mass is 35.5. The Kier molecular flexibility index (Phi) is 5.15. The van der Waals surface area contributed by atoms with Crippen molar-refractivity contribution in [3.05, 3.63) is 11.1 Å². The summed E-state index contributed by atoms with van der Waals surface area (Å²) in [5, 5.41) is 20.1. The van der Waals surface area contributed by atoms with Gasteiger partial charge in [-0.05, 0) is 51.9 Å². The minimum absolute atomic E-state index is 0.125. The molecule has 0 aromatic rings. The van der Waals surface area contributed by atoms with Crippen LogP contribution in [0.3, 0.4) is 0 Å². The average molecular weight is 401 g/mol. The average Bonchev–Trinajstić information content (AvgIpc) is 2.87. The lowest BCUT2D eigenvalue weighted by Crippen LogP contribution is -2.59. The maximum absolute atomic E-state index is 12.8. The van der Waals surface area contributed by atoms with Crippen molar-refractivity contribution in [3.8, 4) is 0 Å². The molecule has 3 rings (SSSR count). The molecule has 0 amide bonds. The van der Waals surface area contributed by atoms with E-state index in [1.54, 1.807) is 6.92 Å². The van der Waals surface area contributed by atoms with Crippen LogP contribution in [0.2, 0.25) is 0 Å². The highest BCUT2D eigenvalue weighted by molar-refractivity contribution is 6.22. The lowest BCUT2D eigenvalue weighted by atomic mass is 9.52. The van der Waals surface area contributed by atoms with Crippen LogP contribution in [0.25, 0.3) is 0 Å². The number of esters is 2. The van der Waals surface area contributed by atoms with Gasteiger partial charge in [0.05, 0.1) is 11.5 Å². The van der Waals surface area contributed by atoms with Gasteiger partial charge in [-0.15, -0.1) is 11.6 Å². The van der Waals surface area contributed by atoms with Crippen LogP contribution in [-0.2, 0) is 19.1 Å². The molecular formula is C20H29ClO6. The van der Waals surface area contributed by atoms with Crippen LogP contribution in [-0.4, -0.2) is 51.4 Å². The van der Waals surface area contributed by atoms with E-state index in [-0.39, 0.29) is 11.8 Å². The lowest BCUT2D eigenvalue weighted by Gasteiger charge is -2.56. The van der Waals surface area contributed by atoms with Crippen molar-refractivity contribution >= 4 is 23.5 Å². The van der Waals surface area contributed by atoms with E-state index >= 15 is 0 Å². The molecule has 0 spiro atoms. The second-order valence-corrected chi connectivity index (χ2v) is 9.41. The number of hydrogen-bond acceptors (Lipinski definition) is 6. The van der Waals surface area contributed by atoms with Gasteiger partial charge in [-0.25, -0.2) is 9.59 Å². The number of halogens is 1. The van der Waals surface area contributed by atoms with Gasteiger partial charge in [-0.3, -0.25) is 0 Å². The van der Waals surface area contributed by atoms with Gasteiger partial charge in [0.15, 0.2) is 5.60 Å². The maximum Gasteiger partial charge on any atom is 0.339 e. The largest absolute Gasteiger partial charge is 0.455 e. The molecule has 1 aliphatic heterocycles. The molecule has 2 aliphatic carbocycles. The zero-order valence-electron chi connectivity index (χ0n) is 16.5. The third kappa shape index (κ3) is 3.00. The van der Waals surface area contributed by atoms with Crippen LogP contribution in [0.1, 0.15) is 53.9 Å². The molecule has 7 heteroatoms. The maximum atomic E-state index is 12.8. The SMILES string of the molecule is CC1=C2[C@@H](OC(=O)C(C)(O)C(C)Cl)[C@@]3(C)[C@H](CC[C@H](O)[C@@H]3C)C[C@H]2OC1=O. The van der Waals surface area contributed by atoms with Crippen molar-refractivity contribution in [1.29, 1.82) is 0 Å². The van der Waals surface area contributed by atoms with E-state index in [1.165, 1.54) is 13.8 Å². The van der Waals surface area contributed by atoms with Crippen LogP contribution in [0, 0.1) is 17.3 Å². The van der Waals surface area contributed by atoms with E-state index in [0.29, 0.717) is 24.0 Å². The number of carbonyl (C=O) groups is 2. The topological polar surface area (TPSA) is 93.1 Å². The summed E-state index contributed by atoms with van der Waals surface area (Å²) in [5.74, 6) is -1.25. The van der Waals surface area contributed by atoms with Gasteiger partial charge in [-0.2, -0.15) is 0 Å². The Morgan fingerprint density at radius 1 is 1.44 bits per heavy atom. The number of hydrogen-bond donors (Lipinski definition) is 2. The summed E-state index contributed by atoms with van der Waals surface area (Å²) in [7, 11) is 0. The summed E-state index contributed by atoms with van der Waals surface area (Å²) < 4.78 is 11.4. The van der Waals surface area contributed by atoms with E-state index in [9.17, 15) is 19.8 Å². The highest BCUT2D eigenvalue weighted by Gasteiger charge is 2.61. The fourth-order valence-corrected chi connectivity index (χ4v) is 4.99. The molecule has 3 aliphatic rings. The van der Waals surface area contributed by atoms with Crippen molar-refractivity contribution in [3.63, 3.8) is 0 Å². The molecule has 6 nitrogen and oxygen atoms in total. The van der Waals surface area contributed by atoms with Crippen molar-refractivity contribution in [2.45, 2.75) is 83.2 Å². The predicted octanol–water partition coefficient (Wildman–Crippen LogP) is 2.34. The Labute approximate surface area is 164 Å². The molecule has 2 saturated carbocycles. The lowest BCUT2D eigenvalue weighted by molar-refractivity contribution is -0.192. The quantitative estimate of drug-likeness (QED) is 0.558. The van der Waals surface area contributed by atoms with Crippen molar-refractivity contribution in [2.24, 2.45) is 17.3 Å². The van der Waals surface area contributed by atoms with E-state index < -0.39 is 46.6 Å². The van der Waals surface area contributed by atoms with Crippen molar-refractivity contribution in [1.82, 2.24) is 0 Å². The number of aliphatic hydroxyl groups excluding tert-OH is 1. The third-order valence-electron chi connectivity index (χ3n) is 7.34. The fraction of sp³-hybridized carbons (Fsp3) is 0.800. The summed E-state index contributed by atoms with van der Waals surface area (Å²) in [6.07, 6.45) is 0.384. The zero-order chi connectivity index (χ0) is 20.3. The van der Waals surface area contributed by atoms with E-state index in [4.69, 9.17) is 21.1 Å². The standard InChI is InChI=1S/C20H29ClO6/c1-9-15-14(26-17(9)23)8-12-6-7-13(22)10(2)19(12,4)16(15)27-18(24)20(5,25)11(3)21/h10-14,16,22,25H,6-8H2,1-5H3/t10-,11?,12+,13-,14+,16+,19+,20?/m0/s1. The molecule has 1 heterocycles. The summed E-state index contributed by atoms with van der Waals surface area (Å²) in [6, 6.07) is 0.